The Morgan fingerprint density at radius 2 is 2.20 bits per heavy atom. The first-order valence-electron chi connectivity index (χ1n) is 5.92. The zero-order valence-corrected chi connectivity index (χ0v) is 9.56. The lowest BCUT2D eigenvalue weighted by Crippen LogP contribution is -2.40. The molecule has 3 heteroatoms. The molecule has 2 aliphatic rings. The Balaban J connectivity index is 1.88. The lowest BCUT2D eigenvalue weighted by atomic mass is 9.59. The Hall–Kier alpha value is -0.180. The molecule has 0 aromatic heterocycles. The maximum absolute atomic E-state index is 13.5. The Bertz CT molecular complexity index is 240. The van der Waals surface area contributed by atoms with E-state index in [2.05, 4.69) is 0 Å². The fraction of sp³-hybridized carbons (Fsp3) is 1.00. The van der Waals surface area contributed by atoms with Gasteiger partial charge < -0.3 is 4.74 Å². The van der Waals surface area contributed by atoms with Crippen LogP contribution < -0.4 is 0 Å². The monoisotopic (exact) mass is 218 g/mol. The molecule has 0 amide bonds. The van der Waals surface area contributed by atoms with Gasteiger partial charge in [-0.05, 0) is 30.6 Å². The van der Waals surface area contributed by atoms with Gasteiger partial charge in [0.1, 0.15) is 0 Å². The van der Waals surface area contributed by atoms with Crippen molar-refractivity contribution in [3.05, 3.63) is 0 Å². The van der Waals surface area contributed by atoms with Crippen molar-refractivity contribution in [1.29, 1.82) is 0 Å². The number of fused-ring (bicyclic) bond motifs is 1. The van der Waals surface area contributed by atoms with E-state index in [1.165, 1.54) is 6.42 Å². The third-order valence-electron chi connectivity index (χ3n) is 4.37. The van der Waals surface area contributed by atoms with E-state index in [1.807, 2.05) is 0 Å². The lowest BCUT2D eigenvalue weighted by molar-refractivity contribution is -0.0731. The highest BCUT2D eigenvalue weighted by Crippen LogP contribution is 2.55. The molecule has 0 N–H and O–H groups in total. The quantitative estimate of drug-likeness (QED) is 0.702. The second kappa shape index (κ2) is 3.69. The zero-order chi connectivity index (χ0) is 11.1. The summed E-state index contributed by atoms with van der Waals surface area (Å²) in [5.74, 6) is -2.48. The summed E-state index contributed by atoms with van der Waals surface area (Å²) in [5, 5.41) is 0. The zero-order valence-electron chi connectivity index (χ0n) is 9.56. The maximum Gasteiger partial charge on any atom is 0.250 e. The van der Waals surface area contributed by atoms with E-state index >= 15 is 0 Å². The van der Waals surface area contributed by atoms with Crippen LogP contribution in [0.4, 0.5) is 8.78 Å². The van der Waals surface area contributed by atoms with Crippen molar-refractivity contribution in [3.63, 3.8) is 0 Å². The van der Waals surface area contributed by atoms with Crippen molar-refractivity contribution in [2.75, 3.05) is 13.2 Å². The molecule has 2 fully saturated rings. The summed E-state index contributed by atoms with van der Waals surface area (Å²) >= 11 is 0. The summed E-state index contributed by atoms with van der Waals surface area (Å²) in [6, 6.07) is 0. The van der Waals surface area contributed by atoms with Crippen molar-refractivity contribution >= 4 is 0 Å². The van der Waals surface area contributed by atoms with Gasteiger partial charge in [-0.2, -0.15) is 0 Å². The van der Waals surface area contributed by atoms with Crippen molar-refractivity contribution in [1.82, 2.24) is 0 Å². The largest absolute Gasteiger partial charge is 0.381 e. The minimum atomic E-state index is -2.50. The molecule has 2 atom stereocenters. The van der Waals surface area contributed by atoms with Gasteiger partial charge in [-0.15, -0.1) is 0 Å². The predicted molar refractivity (Wildman–Crippen MR) is 55.0 cm³/mol. The van der Waals surface area contributed by atoms with Gasteiger partial charge in [-0.25, -0.2) is 8.78 Å². The molecule has 1 nitrogen and oxygen atoms in total. The summed E-state index contributed by atoms with van der Waals surface area (Å²) in [4.78, 5) is 0. The molecule has 2 rings (SSSR count). The van der Waals surface area contributed by atoms with Gasteiger partial charge in [-0.1, -0.05) is 13.8 Å². The SMILES string of the molecule is CC(C)C(F)(F)CCC12CCC1COC2. The van der Waals surface area contributed by atoms with Crippen LogP contribution in [0.25, 0.3) is 0 Å². The van der Waals surface area contributed by atoms with Crippen LogP contribution >= 0.6 is 0 Å². The molecule has 0 aromatic carbocycles. The molecule has 1 saturated heterocycles. The van der Waals surface area contributed by atoms with Crippen LogP contribution in [0, 0.1) is 17.3 Å². The Labute approximate surface area is 90.2 Å². The highest BCUT2D eigenvalue weighted by molar-refractivity contribution is 4.99. The predicted octanol–water partition coefficient (Wildman–Crippen LogP) is 3.48. The fourth-order valence-corrected chi connectivity index (χ4v) is 2.72. The molecule has 1 saturated carbocycles. The molecular formula is C12H20F2O. The van der Waals surface area contributed by atoms with E-state index in [-0.39, 0.29) is 11.8 Å². The summed E-state index contributed by atoms with van der Waals surface area (Å²) in [6.07, 6.45) is 2.94. The first-order chi connectivity index (χ1) is 6.96. The third kappa shape index (κ3) is 1.91. The van der Waals surface area contributed by atoms with Crippen LogP contribution in [0.2, 0.25) is 0 Å². The molecule has 0 bridgehead atoms. The molecule has 2 unspecified atom stereocenters. The summed E-state index contributed by atoms with van der Waals surface area (Å²) < 4.78 is 32.4. The molecule has 0 spiro atoms. The van der Waals surface area contributed by atoms with Crippen LogP contribution in [0.5, 0.6) is 0 Å². The number of hydrogen-bond donors (Lipinski definition) is 0. The van der Waals surface area contributed by atoms with Crippen molar-refractivity contribution in [2.24, 2.45) is 17.3 Å². The Morgan fingerprint density at radius 1 is 1.47 bits per heavy atom. The highest BCUT2D eigenvalue weighted by Gasteiger charge is 2.51. The second-order valence-corrected chi connectivity index (χ2v) is 5.53. The van der Waals surface area contributed by atoms with E-state index in [4.69, 9.17) is 4.74 Å². The van der Waals surface area contributed by atoms with Crippen LogP contribution in [0.3, 0.4) is 0 Å². The molecule has 15 heavy (non-hydrogen) atoms. The molecule has 0 aromatic rings. The number of alkyl halides is 2. The lowest BCUT2D eigenvalue weighted by Gasteiger charge is -2.44. The molecule has 0 radical (unpaired) electrons. The van der Waals surface area contributed by atoms with Gasteiger partial charge in [0.25, 0.3) is 0 Å². The fourth-order valence-electron chi connectivity index (χ4n) is 2.72. The number of halogens is 2. The van der Waals surface area contributed by atoms with Crippen LogP contribution in [-0.2, 0) is 4.74 Å². The van der Waals surface area contributed by atoms with E-state index in [9.17, 15) is 8.78 Å². The number of ether oxygens (including phenoxy) is 1. The van der Waals surface area contributed by atoms with Gasteiger partial charge in [-0.3, -0.25) is 0 Å². The van der Waals surface area contributed by atoms with Crippen LogP contribution in [-0.4, -0.2) is 19.1 Å². The van der Waals surface area contributed by atoms with Gasteiger partial charge in [0.2, 0.25) is 5.92 Å². The first kappa shape index (κ1) is 11.3. The van der Waals surface area contributed by atoms with E-state index in [0.717, 1.165) is 13.0 Å². The summed E-state index contributed by atoms with van der Waals surface area (Å²) in [5.41, 5.74) is 0.123. The minimum absolute atomic E-state index is 0.0323. The molecule has 1 heterocycles. The maximum atomic E-state index is 13.5. The van der Waals surface area contributed by atoms with E-state index in [0.29, 0.717) is 18.9 Å². The van der Waals surface area contributed by atoms with Gasteiger partial charge >= 0.3 is 0 Å². The molecule has 1 aliphatic heterocycles. The van der Waals surface area contributed by atoms with Gasteiger partial charge in [0.15, 0.2) is 0 Å². The molecule has 1 aliphatic carbocycles. The summed E-state index contributed by atoms with van der Waals surface area (Å²) in [7, 11) is 0. The van der Waals surface area contributed by atoms with Crippen LogP contribution in [0.1, 0.15) is 39.5 Å². The standard InChI is InChI=1S/C12H20F2O/c1-9(2)12(13,14)6-5-11-4-3-10(11)7-15-8-11/h9-10H,3-8H2,1-2H3. The normalized spacial score (nSPS) is 35.4. The number of hydrogen-bond acceptors (Lipinski definition) is 1. The van der Waals surface area contributed by atoms with Gasteiger partial charge in [0.05, 0.1) is 13.2 Å². The van der Waals surface area contributed by atoms with Gasteiger partial charge in [0, 0.05) is 12.3 Å². The second-order valence-electron chi connectivity index (χ2n) is 5.53. The third-order valence-corrected chi connectivity index (χ3v) is 4.37. The van der Waals surface area contributed by atoms with Crippen molar-refractivity contribution in [2.45, 2.75) is 45.5 Å². The Kier molecular flexibility index (Phi) is 2.78. The minimum Gasteiger partial charge on any atom is -0.381 e. The molecule has 88 valence electrons. The summed E-state index contributed by atoms with van der Waals surface area (Å²) in [6.45, 7) is 4.71. The number of rotatable bonds is 4. The topological polar surface area (TPSA) is 9.23 Å². The highest BCUT2D eigenvalue weighted by atomic mass is 19.3. The van der Waals surface area contributed by atoms with E-state index < -0.39 is 11.8 Å². The first-order valence-corrected chi connectivity index (χ1v) is 5.92. The van der Waals surface area contributed by atoms with Crippen LogP contribution in [0.15, 0.2) is 0 Å². The van der Waals surface area contributed by atoms with E-state index in [1.54, 1.807) is 13.8 Å². The average molecular weight is 218 g/mol. The Morgan fingerprint density at radius 3 is 2.67 bits per heavy atom. The molecular weight excluding hydrogens is 198 g/mol. The smallest absolute Gasteiger partial charge is 0.250 e. The van der Waals surface area contributed by atoms with Crippen molar-refractivity contribution in [3.8, 4) is 0 Å². The van der Waals surface area contributed by atoms with Crippen molar-refractivity contribution < 1.29 is 13.5 Å². The average Bonchev–Trinajstić information content (AvgIpc) is 2.40.